The summed E-state index contributed by atoms with van der Waals surface area (Å²) < 4.78 is 37.2. The number of halogens is 4. The number of aliphatic carboxylic acids is 1. The van der Waals surface area contributed by atoms with Gasteiger partial charge in [0.05, 0.1) is 11.3 Å². The van der Waals surface area contributed by atoms with Crippen molar-refractivity contribution >= 4 is 40.8 Å². The Morgan fingerprint density at radius 3 is 2.23 bits per heavy atom. The smallest absolute Gasteiger partial charge is 0.478 e. The van der Waals surface area contributed by atoms with Gasteiger partial charge in [0.15, 0.2) is 0 Å². The van der Waals surface area contributed by atoms with Crippen LogP contribution < -0.4 is 10.2 Å². The highest BCUT2D eigenvalue weighted by Gasteiger charge is 2.38. The Hall–Kier alpha value is -3.35. The summed E-state index contributed by atoms with van der Waals surface area (Å²) in [6, 6.07) is 12.1. The Bertz CT molecular complexity index is 1140. The predicted molar refractivity (Wildman–Crippen MR) is 145 cm³/mol. The van der Waals surface area contributed by atoms with E-state index in [1.807, 2.05) is 6.92 Å². The van der Waals surface area contributed by atoms with Crippen molar-refractivity contribution in [2.45, 2.75) is 38.4 Å². The summed E-state index contributed by atoms with van der Waals surface area (Å²) in [5, 5.41) is 20.3. The first-order valence-corrected chi connectivity index (χ1v) is 13.0. The molecule has 2 aromatic rings. The molecule has 13 heteroatoms. The van der Waals surface area contributed by atoms with Gasteiger partial charge in [0.25, 0.3) is 5.91 Å². The number of piperidine rings is 1. The van der Waals surface area contributed by atoms with Gasteiger partial charge in [-0.05, 0) is 75.7 Å². The zero-order valence-corrected chi connectivity index (χ0v) is 23.0. The lowest BCUT2D eigenvalue weighted by atomic mass is 10.0. The number of aromatic carboxylic acids is 1. The molecule has 1 amide bonds. The number of carboxylic acid groups (broad SMARTS) is 2. The quantitative estimate of drug-likeness (QED) is 0.323. The van der Waals surface area contributed by atoms with Crippen LogP contribution in [0.25, 0.3) is 0 Å². The number of carboxylic acids is 2. The number of carbonyl (C=O) groups is 3. The maximum absolute atomic E-state index is 12.5. The molecule has 0 saturated carbocycles. The van der Waals surface area contributed by atoms with Crippen molar-refractivity contribution in [2.75, 3.05) is 50.1 Å². The van der Waals surface area contributed by atoms with Gasteiger partial charge < -0.3 is 30.1 Å². The van der Waals surface area contributed by atoms with Crippen molar-refractivity contribution < 1.29 is 42.5 Å². The number of hydrogen-bond donors (Lipinski definition) is 3. The molecule has 0 aliphatic carbocycles. The summed E-state index contributed by atoms with van der Waals surface area (Å²) in [6.07, 6.45) is -2.13. The van der Waals surface area contributed by atoms with Crippen molar-refractivity contribution in [3.63, 3.8) is 0 Å². The number of anilines is 2. The van der Waals surface area contributed by atoms with E-state index in [4.69, 9.17) is 26.2 Å². The van der Waals surface area contributed by atoms with Crippen LogP contribution >= 0.6 is 11.6 Å². The number of amides is 1. The van der Waals surface area contributed by atoms with Crippen LogP contribution in [0.5, 0.6) is 0 Å². The zero-order chi connectivity index (χ0) is 29.9. The van der Waals surface area contributed by atoms with Crippen molar-refractivity contribution in [1.29, 1.82) is 0 Å². The third kappa shape index (κ3) is 10.3. The molecule has 0 radical (unpaired) electrons. The fourth-order valence-electron chi connectivity index (χ4n) is 4.16. The highest BCUT2D eigenvalue weighted by Crippen LogP contribution is 2.28. The van der Waals surface area contributed by atoms with Crippen molar-refractivity contribution in [1.82, 2.24) is 4.90 Å². The van der Waals surface area contributed by atoms with E-state index >= 15 is 0 Å². The van der Waals surface area contributed by atoms with E-state index < -0.39 is 18.1 Å². The lowest BCUT2D eigenvalue weighted by Crippen LogP contribution is -2.44. The van der Waals surface area contributed by atoms with E-state index in [1.165, 1.54) is 6.07 Å². The molecular weight excluding hydrogens is 555 g/mol. The summed E-state index contributed by atoms with van der Waals surface area (Å²) >= 11 is 5.87. The number of ether oxygens (including phenoxy) is 1. The molecule has 1 aliphatic rings. The molecule has 1 fully saturated rings. The lowest BCUT2D eigenvalue weighted by molar-refractivity contribution is -0.192. The molecule has 2 aromatic carbocycles. The molecular formula is C27H33ClF3N3O6. The number of carbonyl (C=O) groups excluding carboxylic acids is 1. The van der Waals surface area contributed by atoms with Crippen molar-refractivity contribution in [3.05, 3.63) is 58.6 Å². The second-order valence-electron chi connectivity index (χ2n) is 9.05. The van der Waals surface area contributed by atoms with E-state index in [0.29, 0.717) is 28.0 Å². The van der Waals surface area contributed by atoms with Crippen molar-refractivity contribution in [2.24, 2.45) is 0 Å². The Kier molecular flexibility index (Phi) is 12.7. The van der Waals surface area contributed by atoms with Gasteiger partial charge in [-0.1, -0.05) is 11.6 Å². The Morgan fingerprint density at radius 2 is 1.70 bits per heavy atom. The largest absolute Gasteiger partial charge is 0.490 e. The van der Waals surface area contributed by atoms with Crippen LogP contribution in [-0.2, 0) is 9.53 Å². The van der Waals surface area contributed by atoms with Gasteiger partial charge in [0.1, 0.15) is 0 Å². The first-order chi connectivity index (χ1) is 18.8. The van der Waals surface area contributed by atoms with E-state index in [2.05, 4.69) is 22.2 Å². The van der Waals surface area contributed by atoms with E-state index in [9.17, 15) is 27.9 Å². The molecule has 9 nitrogen and oxygen atoms in total. The van der Waals surface area contributed by atoms with Gasteiger partial charge in [-0.3, -0.25) is 4.79 Å². The summed E-state index contributed by atoms with van der Waals surface area (Å²) in [6.45, 7) is 6.10. The molecule has 220 valence electrons. The first-order valence-electron chi connectivity index (χ1n) is 12.6. The van der Waals surface area contributed by atoms with E-state index in [1.54, 1.807) is 36.4 Å². The molecule has 0 aromatic heterocycles. The van der Waals surface area contributed by atoms with Gasteiger partial charge >= 0.3 is 18.1 Å². The Labute approximate surface area is 235 Å². The number of rotatable bonds is 10. The monoisotopic (exact) mass is 587 g/mol. The number of alkyl halides is 3. The number of nitrogens with one attached hydrogen (secondary N) is 1. The minimum Gasteiger partial charge on any atom is -0.478 e. The average molecular weight is 588 g/mol. The lowest BCUT2D eigenvalue weighted by Gasteiger charge is -2.38. The third-order valence-corrected chi connectivity index (χ3v) is 6.52. The summed E-state index contributed by atoms with van der Waals surface area (Å²) in [4.78, 5) is 37.9. The molecule has 3 N–H and O–H groups in total. The van der Waals surface area contributed by atoms with Crippen molar-refractivity contribution in [3.8, 4) is 0 Å². The number of benzene rings is 2. The maximum atomic E-state index is 12.5. The highest BCUT2D eigenvalue weighted by atomic mass is 35.5. The van der Waals surface area contributed by atoms with E-state index in [-0.39, 0.29) is 11.5 Å². The van der Waals surface area contributed by atoms with Gasteiger partial charge in [-0.25, -0.2) is 9.59 Å². The topological polar surface area (TPSA) is 119 Å². The molecule has 1 saturated heterocycles. The molecule has 1 heterocycles. The standard InChI is InChI=1S/C25H32ClN3O4.C2HF3O2/c1-3-33-16-4-13-28(2)21-11-14-29(15-12-21)23-10-9-20(17-22(23)25(31)32)27-24(30)18-5-7-19(26)8-6-18;3-2(4,5)1(6)7/h5-10,17,21H,3-4,11-16H2,1-2H3,(H,27,30)(H,31,32);(H,6,7). The number of hydrogen-bond acceptors (Lipinski definition) is 6. The van der Waals surface area contributed by atoms with Crippen LogP contribution in [0, 0.1) is 0 Å². The second kappa shape index (κ2) is 15.4. The average Bonchev–Trinajstić information content (AvgIpc) is 2.91. The van der Waals surface area contributed by atoms with Gasteiger partial charge in [0, 0.05) is 55.2 Å². The molecule has 0 bridgehead atoms. The minimum absolute atomic E-state index is 0.187. The van der Waals surface area contributed by atoms with Gasteiger partial charge in [-0.15, -0.1) is 0 Å². The summed E-state index contributed by atoms with van der Waals surface area (Å²) in [7, 11) is 2.15. The maximum Gasteiger partial charge on any atom is 0.490 e. The molecule has 3 rings (SSSR count). The highest BCUT2D eigenvalue weighted by molar-refractivity contribution is 6.30. The zero-order valence-electron chi connectivity index (χ0n) is 22.2. The third-order valence-electron chi connectivity index (χ3n) is 6.27. The summed E-state index contributed by atoms with van der Waals surface area (Å²) in [5.41, 5.74) is 1.77. The van der Waals surface area contributed by atoms with Gasteiger partial charge in [-0.2, -0.15) is 13.2 Å². The number of nitrogens with zero attached hydrogens (tertiary/aromatic N) is 2. The van der Waals surface area contributed by atoms with Crippen LogP contribution in [0.3, 0.4) is 0 Å². The predicted octanol–water partition coefficient (Wildman–Crippen LogP) is 5.25. The molecule has 0 atom stereocenters. The molecule has 0 unspecified atom stereocenters. The Balaban J connectivity index is 0.000000708. The fourth-order valence-corrected chi connectivity index (χ4v) is 4.28. The first kappa shape index (κ1) is 32.9. The fraction of sp³-hybridized carbons (Fsp3) is 0.444. The molecule has 0 spiro atoms. The second-order valence-corrected chi connectivity index (χ2v) is 9.49. The SMILES string of the molecule is CCOCCCN(C)C1CCN(c2ccc(NC(=O)c3ccc(Cl)cc3)cc2C(=O)O)CC1.O=C(O)C(F)(F)F. The van der Waals surface area contributed by atoms with Gasteiger partial charge in [0.2, 0.25) is 0 Å². The van der Waals surface area contributed by atoms with Crippen LogP contribution in [0.1, 0.15) is 46.9 Å². The molecule has 40 heavy (non-hydrogen) atoms. The molecule has 1 aliphatic heterocycles. The Morgan fingerprint density at radius 1 is 1.10 bits per heavy atom. The minimum atomic E-state index is -5.08. The van der Waals surface area contributed by atoms with Crippen LogP contribution in [0.15, 0.2) is 42.5 Å². The normalized spacial score (nSPS) is 13.9. The summed E-state index contributed by atoms with van der Waals surface area (Å²) in [5.74, 6) is -4.08. The van der Waals surface area contributed by atoms with Crippen LogP contribution in [-0.4, -0.2) is 85.1 Å². The van der Waals surface area contributed by atoms with E-state index in [0.717, 1.165) is 52.1 Å². The van der Waals surface area contributed by atoms with Crippen LogP contribution in [0.2, 0.25) is 5.02 Å². The van der Waals surface area contributed by atoms with Crippen LogP contribution in [0.4, 0.5) is 24.5 Å².